The summed E-state index contributed by atoms with van der Waals surface area (Å²) in [6, 6.07) is 51.5. The number of hydrogen-bond acceptors (Lipinski definition) is 5. The summed E-state index contributed by atoms with van der Waals surface area (Å²) in [4.78, 5) is 20.5. The highest BCUT2D eigenvalue weighted by Crippen LogP contribution is 2.40. The third-order valence-electron chi connectivity index (χ3n) is 9.02. The van der Waals surface area contributed by atoms with Crippen molar-refractivity contribution in [3.63, 3.8) is 0 Å². The molecule has 0 fully saturated rings. The number of hydrogen-bond donors (Lipinski definition) is 0. The van der Waals surface area contributed by atoms with Gasteiger partial charge in [-0.15, -0.1) is 0 Å². The van der Waals surface area contributed by atoms with Crippen molar-refractivity contribution in [1.29, 1.82) is 0 Å². The highest BCUT2D eigenvalue weighted by atomic mass is 16.3. The van der Waals surface area contributed by atoms with Crippen molar-refractivity contribution in [2.24, 2.45) is 0 Å². The van der Waals surface area contributed by atoms with Gasteiger partial charge >= 0.3 is 0 Å². The average Bonchev–Trinajstić information content (AvgIpc) is 3.69. The molecule has 0 saturated carbocycles. The van der Waals surface area contributed by atoms with Crippen molar-refractivity contribution < 1.29 is 4.42 Å². The molecule has 0 bridgehead atoms. The van der Waals surface area contributed by atoms with Crippen LogP contribution in [0.25, 0.3) is 94.6 Å². The smallest absolute Gasteiger partial charge is 0.235 e. The Morgan fingerprint density at radius 2 is 1.06 bits per heavy atom. The first kappa shape index (κ1) is 26.5. The van der Waals surface area contributed by atoms with Crippen LogP contribution in [0.4, 0.5) is 0 Å². The summed E-state index contributed by atoms with van der Waals surface area (Å²) < 4.78 is 8.86. The van der Waals surface area contributed by atoms with Crippen LogP contribution in [0.3, 0.4) is 0 Å². The fraction of sp³-hybridized carbons (Fsp3) is 0. The molecular formula is C42H25N5O. The molecule has 48 heavy (non-hydrogen) atoms. The molecule has 0 amide bonds. The van der Waals surface area contributed by atoms with Gasteiger partial charge in [-0.05, 0) is 18.2 Å². The van der Waals surface area contributed by atoms with Gasteiger partial charge in [0.2, 0.25) is 5.95 Å². The standard InChI is InChI=1S/C42H25N5O/c1-4-14-26(15-5-1)37-30-21-10-12-22-33(30)43-42(46-37)47-34-23-13-11-20-29(34)31-24-32-36(25-35(31)47)48-40-38(27-16-6-2-7-17-27)44-41(45-39(32)40)28-18-8-3-9-19-28/h1-25H. The zero-order valence-corrected chi connectivity index (χ0v) is 25.6. The minimum absolute atomic E-state index is 0.602. The van der Waals surface area contributed by atoms with Gasteiger partial charge in [0.25, 0.3) is 0 Å². The molecule has 0 aliphatic heterocycles. The zero-order chi connectivity index (χ0) is 31.6. The second-order valence-electron chi connectivity index (χ2n) is 11.9. The van der Waals surface area contributed by atoms with Crippen LogP contribution in [0.15, 0.2) is 156 Å². The Labute approximate surface area is 274 Å². The number of benzene rings is 6. The first-order chi connectivity index (χ1) is 23.8. The van der Waals surface area contributed by atoms with Crippen molar-refractivity contribution in [3.05, 3.63) is 152 Å². The van der Waals surface area contributed by atoms with Gasteiger partial charge in [0.1, 0.15) is 16.8 Å². The summed E-state index contributed by atoms with van der Waals surface area (Å²) in [5, 5.41) is 4.11. The summed E-state index contributed by atoms with van der Waals surface area (Å²) in [5.41, 5.74) is 9.64. The Morgan fingerprint density at radius 3 is 1.81 bits per heavy atom. The first-order valence-corrected chi connectivity index (χ1v) is 15.9. The highest BCUT2D eigenvalue weighted by molar-refractivity contribution is 6.17. The van der Waals surface area contributed by atoms with E-state index in [2.05, 4.69) is 71.3 Å². The zero-order valence-electron chi connectivity index (χ0n) is 25.6. The predicted molar refractivity (Wildman–Crippen MR) is 193 cm³/mol. The van der Waals surface area contributed by atoms with Crippen LogP contribution >= 0.6 is 0 Å². The number of fused-ring (bicyclic) bond motifs is 7. The second kappa shape index (κ2) is 10.4. The SMILES string of the molecule is c1ccc(-c2nc(-c3ccccc3)c3oc4cc5c(cc4c3n2)c2ccccc2n5-c2nc(-c3ccccc3)c3ccccc3n2)cc1. The maximum absolute atomic E-state index is 6.71. The number of para-hydroxylation sites is 2. The van der Waals surface area contributed by atoms with E-state index >= 15 is 0 Å². The van der Waals surface area contributed by atoms with E-state index in [4.69, 9.17) is 24.4 Å². The Balaban J connectivity index is 1.29. The van der Waals surface area contributed by atoms with E-state index in [-0.39, 0.29) is 0 Å². The van der Waals surface area contributed by atoms with Crippen LogP contribution in [-0.4, -0.2) is 24.5 Å². The number of aromatic nitrogens is 5. The number of rotatable bonds is 4. The van der Waals surface area contributed by atoms with Gasteiger partial charge in [0.05, 0.1) is 22.2 Å². The van der Waals surface area contributed by atoms with E-state index in [0.717, 1.165) is 77.3 Å². The fourth-order valence-corrected chi connectivity index (χ4v) is 6.81. The van der Waals surface area contributed by atoms with Crippen molar-refractivity contribution >= 4 is 54.8 Å². The lowest BCUT2D eigenvalue weighted by Crippen LogP contribution is -2.03. The Kier molecular flexibility index (Phi) is 5.77. The highest BCUT2D eigenvalue weighted by Gasteiger charge is 2.22. The Bertz CT molecular complexity index is 2820. The third kappa shape index (κ3) is 4.06. The topological polar surface area (TPSA) is 69.6 Å². The summed E-state index contributed by atoms with van der Waals surface area (Å²) in [5.74, 6) is 1.26. The van der Waals surface area contributed by atoms with Crippen LogP contribution in [0.1, 0.15) is 0 Å². The summed E-state index contributed by atoms with van der Waals surface area (Å²) in [6.07, 6.45) is 0. The van der Waals surface area contributed by atoms with Crippen LogP contribution in [-0.2, 0) is 0 Å². The van der Waals surface area contributed by atoms with E-state index in [9.17, 15) is 0 Å². The molecule has 0 atom stereocenters. The van der Waals surface area contributed by atoms with Gasteiger partial charge in [-0.2, -0.15) is 0 Å². The molecule has 0 saturated heterocycles. The Morgan fingerprint density at radius 1 is 0.438 bits per heavy atom. The van der Waals surface area contributed by atoms with E-state index in [1.165, 1.54) is 0 Å². The fourth-order valence-electron chi connectivity index (χ4n) is 6.81. The predicted octanol–water partition coefficient (Wildman–Crippen LogP) is 10.4. The normalized spacial score (nSPS) is 11.8. The van der Waals surface area contributed by atoms with Gasteiger partial charge in [0.15, 0.2) is 11.4 Å². The minimum atomic E-state index is 0.602. The monoisotopic (exact) mass is 615 g/mol. The molecule has 0 radical (unpaired) electrons. The molecule has 6 heteroatoms. The molecule has 10 rings (SSSR count). The van der Waals surface area contributed by atoms with Crippen LogP contribution < -0.4 is 0 Å². The molecular weight excluding hydrogens is 590 g/mol. The molecule has 6 aromatic carbocycles. The van der Waals surface area contributed by atoms with E-state index < -0.39 is 0 Å². The Hall–Kier alpha value is -6.66. The molecule has 6 nitrogen and oxygen atoms in total. The van der Waals surface area contributed by atoms with Crippen molar-refractivity contribution in [1.82, 2.24) is 24.5 Å². The first-order valence-electron chi connectivity index (χ1n) is 15.9. The minimum Gasteiger partial charge on any atom is -0.452 e. The lowest BCUT2D eigenvalue weighted by atomic mass is 10.1. The quantitative estimate of drug-likeness (QED) is 0.197. The summed E-state index contributed by atoms with van der Waals surface area (Å²) in [6.45, 7) is 0. The largest absolute Gasteiger partial charge is 0.452 e. The molecule has 0 spiro atoms. The summed E-state index contributed by atoms with van der Waals surface area (Å²) >= 11 is 0. The summed E-state index contributed by atoms with van der Waals surface area (Å²) in [7, 11) is 0. The molecule has 0 aliphatic rings. The molecule has 4 heterocycles. The van der Waals surface area contributed by atoms with Crippen LogP contribution in [0.2, 0.25) is 0 Å². The maximum atomic E-state index is 6.71. The van der Waals surface area contributed by atoms with Crippen molar-refractivity contribution in [3.8, 4) is 39.9 Å². The van der Waals surface area contributed by atoms with Gasteiger partial charge in [-0.25, -0.2) is 19.9 Å². The van der Waals surface area contributed by atoms with Gasteiger partial charge < -0.3 is 4.42 Å². The second-order valence-corrected chi connectivity index (χ2v) is 11.9. The van der Waals surface area contributed by atoms with Gasteiger partial charge in [-0.1, -0.05) is 127 Å². The van der Waals surface area contributed by atoms with Crippen molar-refractivity contribution in [2.45, 2.75) is 0 Å². The maximum Gasteiger partial charge on any atom is 0.235 e. The lowest BCUT2D eigenvalue weighted by Gasteiger charge is -2.11. The van der Waals surface area contributed by atoms with Crippen LogP contribution in [0.5, 0.6) is 0 Å². The van der Waals surface area contributed by atoms with Gasteiger partial charge in [0, 0.05) is 44.3 Å². The molecule has 0 aliphatic carbocycles. The number of furan rings is 1. The molecule has 0 N–H and O–H groups in total. The van der Waals surface area contributed by atoms with E-state index in [0.29, 0.717) is 17.4 Å². The van der Waals surface area contributed by atoms with Crippen LogP contribution in [0, 0.1) is 0 Å². The molecule has 10 aromatic rings. The van der Waals surface area contributed by atoms with Crippen molar-refractivity contribution in [2.75, 3.05) is 0 Å². The van der Waals surface area contributed by atoms with E-state index in [1.54, 1.807) is 0 Å². The van der Waals surface area contributed by atoms with E-state index in [1.807, 2.05) is 84.9 Å². The molecule has 224 valence electrons. The average molecular weight is 616 g/mol. The lowest BCUT2D eigenvalue weighted by molar-refractivity contribution is 0.667. The number of nitrogens with zero attached hydrogens (tertiary/aromatic N) is 5. The third-order valence-corrected chi connectivity index (χ3v) is 9.02. The van der Waals surface area contributed by atoms with Gasteiger partial charge in [-0.3, -0.25) is 4.57 Å². The molecule has 4 aromatic heterocycles. The molecule has 0 unspecified atom stereocenters.